The summed E-state index contributed by atoms with van der Waals surface area (Å²) < 4.78 is 51.4. The number of dihydropyridines is 1. The van der Waals surface area contributed by atoms with Gasteiger partial charge in [-0.3, -0.25) is 4.99 Å². The van der Waals surface area contributed by atoms with E-state index in [1.54, 1.807) is 12.3 Å². The molecule has 0 aliphatic carbocycles. The second-order valence-corrected chi connectivity index (χ2v) is 8.32. The molecule has 0 bridgehead atoms. The molecule has 3 N–H and O–H groups in total. The van der Waals surface area contributed by atoms with E-state index in [0.717, 1.165) is 21.2 Å². The van der Waals surface area contributed by atoms with E-state index in [0.29, 0.717) is 23.7 Å². The van der Waals surface area contributed by atoms with Crippen LogP contribution in [0, 0.1) is 5.95 Å². The lowest BCUT2D eigenvalue weighted by Gasteiger charge is -2.20. The normalized spacial score (nSPS) is 17.6. The average Bonchev–Trinajstić information content (AvgIpc) is 3.20. The lowest BCUT2D eigenvalue weighted by atomic mass is 10.0. The first kappa shape index (κ1) is 21.4. The van der Waals surface area contributed by atoms with Crippen molar-refractivity contribution in [3.63, 3.8) is 0 Å². The number of thiazole rings is 1. The highest BCUT2D eigenvalue weighted by Crippen LogP contribution is 2.31. The molecule has 3 heterocycles. The zero-order valence-corrected chi connectivity index (χ0v) is 17.1. The minimum atomic E-state index is -4.32. The lowest BCUT2D eigenvalue weighted by molar-refractivity contribution is -0.146. The summed E-state index contributed by atoms with van der Waals surface area (Å²) in [6, 6.07) is 5.10. The zero-order chi connectivity index (χ0) is 22.0. The van der Waals surface area contributed by atoms with Gasteiger partial charge in [0.15, 0.2) is 5.13 Å². The number of hydrogen-bond acceptors (Lipinski definition) is 6. The van der Waals surface area contributed by atoms with Crippen LogP contribution < -0.4 is 11.1 Å². The third-order valence-corrected chi connectivity index (χ3v) is 5.90. The van der Waals surface area contributed by atoms with Crippen molar-refractivity contribution in [3.05, 3.63) is 54.3 Å². The zero-order valence-electron chi connectivity index (χ0n) is 16.2. The fourth-order valence-corrected chi connectivity index (χ4v) is 4.09. The number of hydrogen-bond donors (Lipinski definition) is 2. The fourth-order valence-electron chi connectivity index (χ4n) is 3.27. The van der Waals surface area contributed by atoms with Gasteiger partial charge in [-0.15, -0.1) is 0 Å². The van der Waals surface area contributed by atoms with Crippen molar-refractivity contribution in [2.75, 3.05) is 11.9 Å². The number of benzene rings is 1. The van der Waals surface area contributed by atoms with Crippen molar-refractivity contribution in [1.29, 1.82) is 0 Å². The Morgan fingerprint density at radius 1 is 1.16 bits per heavy atom. The van der Waals surface area contributed by atoms with Crippen LogP contribution in [0.4, 0.5) is 22.7 Å². The predicted molar refractivity (Wildman–Crippen MR) is 115 cm³/mol. The molecule has 2 unspecified atom stereocenters. The lowest BCUT2D eigenvalue weighted by Crippen LogP contribution is -2.31. The molecule has 1 aromatic carbocycles. The highest BCUT2D eigenvalue weighted by Gasteiger charge is 2.39. The van der Waals surface area contributed by atoms with Gasteiger partial charge in [-0.2, -0.15) is 17.6 Å². The van der Waals surface area contributed by atoms with Crippen LogP contribution in [-0.2, 0) is 0 Å². The van der Waals surface area contributed by atoms with Gasteiger partial charge in [0.2, 0.25) is 5.95 Å². The standard InChI is InChI=1S/C21H19F4N5S/c22-19-7-15-6-13(2-3-14(15)9-28-19)17-11-30-20(31-17)29-10-16(26)5-12-1-4-18(27-8-12)21(23,24)25/h1-3,6-9,11,16,18H,4-5,10,26H2,(H,29,30). The maximum absolute atomic E-state index is 13.4. The number of pyridine rings is 1. The molecule has 2 aromatic heterocycles. The van der Waals surface area contributed by atoms with Crippen molar-refractivity contribution >= 4 is 33.5 Å². The first-order valence-corrected chi connectivity index (χ1v) is 10.4. The Labute approximate surface area is 179 Å². The Kier molecular flexibility index (Phi) is 6.01. The maximum Gasteiger partial charge on any atom is 0.411 e. The molecule has 0 spiro atoms. The van der Waals surface area contributed by atoms with E-state index in [1.807, 2.05) is 18.2 Å². The number of aliphatic imine (C=N–C) groups is 1. The first-order valence-electron chi connectivity index (χ1n) is 9.58. The van der Waals surface area contributed by atoms with Crippen molar-refractivity contribution in [1.82, 2.24) is 9.97 Å². The fraction of sp³-hybridized carbons (Fsp3) is 0.286. The van der Waals surface area contributed by atoms with Gasteiger partial charge in [-0.1, -0.05) is 29.5 Å². The van der Waals surface area contributed by atoms with E-state index in [9.17, 15) is 17.6 Å². The minimum absolute atomic E-state index is 0.156. The number of alkyl halides is 3. The smallest absolute Gasteiger partial charge is 0.360 e. The van der Waals surface area contributed by atoms with Crippen LogP contribution in [0.25, 0.3) is 21.2 Å². The van der Waals surface area contributed by atoms with Crippen molar-refractivity contribution in [2.45, 2.75) is 31.1 Å². The molecule has 1 aliphatic rings. The molecular formula is C21H19F4N5S. The number of nitrogens with zero attached hydrogens (tertiary/aromatic N) is 3. The van der Waals surface area contributed by atoms with Gasteiger partial charge in [-0.25, -0.2) is 9.97 Å². The Morgan fingerprint density at radius 3 is 2.74 bits per heavy atom. The van der Waals surface area contributed by atoms with Gasteiger partial charge >= 0.3 is 6.18 Å². The Balaban J connectivity index is 1.33. The van der Waals surface area contributed by atoms with Gasteiger partial charge in [0.25, 0.3) is 0 Å². The molecule has 3 aromatic rings. The van der Waals surface area contributed by atoms with E-state index in [-0.39, 0.29) is 12.5 Å². The van der Waals surface area contributed by atoms with E-state index in [2.05, 4.69) is 20.3 Å². The Bertz CT molecular complexity index is 1140. The molecule has 0 fully saturated rings. The highest BCUT2D eigenvalue weighted by molar-refractivity contribution is 7.18. The quantitative estimate of drug-likeness (QED) is 0.412. The number of fused-ring (bicyclic) bond motifs is 1. The molecule has 31 heavy (non-hydrogen) atoms. The molecule has 10 heteroatoms. The van der Waals surface area contributed by atoms with Crippen molar-refractivity contribution in [2.24, 2.45) is 10.7 Å². The van der Waals surface area contributed by atoms with Crippen molar-refractivity contribution < 1.29 is 17.6 Å². The van der Waals surface area contributed by atoms with E-state index in [1.165, 1.54) is 29.8 Å². The van der Waals surface area contributed by atoms with Crippen molar-refractivity contribution in [3.8, 4) is 10.4 Å². The van der Waals surface area contributed by atoms with Crippen LogP contribution in [0.5, 0.6) is 0 Å². The predicted octanol–water partition coefficient (Wildman–Crippen LogP) is 4.96. The summed E-state index contributed by atoms with van der Waals surface area (Å²) in [5, 5.41) is 5.44. The molecule has 0 amide bonds. The summed E-state index contributed by atoms with van der Waals surface area (Å²) >= 11 is 1.44. The van der Waals surface area contributed by atoms with Gasteiger partial charge in [-0.05, 0) is 35.4 Å². The number of nitrogens with one attached hydrogen (secondary N) is 1. The number of rotatable bonds is 6. The molecule has 2 atom stereocenters. The molecule has 1 aliphatic heterocycles. The Morgan fingerprint density at radius 2 is 2.00 bits per heavy atom. The van der Waals surface area contributed by atoms with E-state index < -0.39 is 18.2 Å². The third-order valence-electron chi connectivity index (χ3n) is 4.89. The van der Waals surface area contributed by atoms with Gasteiger partial charge in [0, 0.05) is 42.6 Å². The highest BCUT2D eigenvalue weighted by atomic mass is 32.1. The summed E-state index contributed by atoms with van der Waals surface area (Å²) in [4.78, 5) is 12.5. The van der Waals surface area contributed by atoms with E-state index in [4.69, 9.17) is 5.73 Å². The van der Waals surface area contributed by atoms with Crippen LogP contribution in [0.3, 0.4) is 0 Å². The first-order chi connectivity index (χ1) is 14.8. The molecule has 0 radical (unpaired) electrons. The second kappa shape index (κ2) is 8.72. The topological polar surface area (TPSA) is 76.2 Å². The summed E-state index contributed by atoms with van der Waals surface area (Å²) in [6.45, 7) is 0.412. The third kappa shape index (κ3) is 5.26. The monoisotopic (exact) mass is 449 g/mol. The molecule has 5 nitrogen and oxygen atoms in total. The summed E-state index contributed by atoms with van der Waals surface area (Å²) in [7, 11) is 0. The number of anilines is 1. The van der Waals surface area contributed by atoms with Crippen LogP contribution >= 0.6 is 11.3 Å². The molecular weight excluding hydrogens is 430 g/mol. The maximum atomic E-state index is 13.4. The molecule has 0 saturated carbocycles. The van der Waals surface area contributed by atoms with Gasteiger partial charge in [0.1, 0.15) is 6.04 Å². The SMILES string of the molecule is NC(CNc1ncc(-c2ccc3cnc(F)cc3c2)s1)CC1=CCC(C(F)(F)F)N=C1. The number of nitrogens with two attached hydrogens (primary N) is 1. The average molecular weight is 449 g/mol. The summed E-state index contributed by atoms with van der Waals surface area (Å²) in [6.07, 6.45) is 1.98. The minimum Gasteiger partial charge on any atom is -0.360 e. The van der Waals surface area contributed by atoms with Gasteiger partial charge in [0.05, 0.1) is 4.88 Å². The van der Waals surface area contributed by atoms with E-state index >= 15 is 0 Å². The van der Waals surface area contributed by atoms with Crippen LogP contribution in [-0.4, -0.2) is 41.0 Å². The van der Waals surface area contributed by atoms with Gasteiger partial charge < -0.3 is 11.1 Å². The molecule has 4 rings (SSSR count). The largest absolute Gasteiger partial charge is 0.411 e. The number of halogens is 4. The number of aromatic nitrogens is 2. The van der Waals surface area contributed by atoms with Crippen LogP contribution in [0.15, 0.2) is 53.3 Å². The molecule has 0 saturated heterocycles. The van der Waals surface area contributed by atoms with Crippen LogP contribution in [0.1, 0.15) is 12.8 Å². The van der Waals surface area contributed by atoms with Crippen LogP contribution in [0.2, 0.25) is 0 Å². The summed E-state index contributed by atoms with van der Waals surface area (Å²) in [5.74, 6) is -0.530. The Hall–Kier alpha value is -2.85. The molecule has 162 valence electrons. The summed E-state index contributed by atoms with van der Waals surface area (Å²) in [5.41, 5.74) is 7.73. The second-order valence-electron chi connectivity index (χ2n) is 7.29.